The Morgan fingerprint density at radius 2 is 2.24 bits per heavy atom. The summed E-state index contributed by atoms with van der Waals surface area (Å²) in [7, 11) is 0. The highest BCUT2D eigenvalue weighted by molar-refractivity contribution is 8.00. The average Bonchev–Trinajstić information content (AvgIpc) is 2.36. The van der Waals surface area contributed by atoms with Crippen molar-refractivity contribution in [1.29, 1.82) is 0 Å². The van der Waals surface area contributed by atoms with E-state index in [1.54, 1.807) is 13.1 Å². The number of benzene rings is 1. The van der Waals surface area contributed by atoms with Gasteiger partial charge in [-0.25, -0.2) is 0 Å². The lowest BCUT2D eigenvalue weighted by Crippen LogP contribution is -2.06. The molecule has 5 heteroatoms. The molecule has 0 bridgehead atoms. The summed E-state index contributed by atoms with van der Waals surface area (Å²) >= 11 is 1.35. The second-order valence-corrected chi connectivity index (χ2v) is 4.29. The van der Waals surface area contributed by atoms with E-state index in [4.69, 9.17) is 4.74 Å². The fourth-order valence-corrected chi connectivity index (χ4v) is 2.22. The second-order valence-electron chi connectivity index (χ2n) is 3.33. The quantitative estimate of drug-likeness (QED) is 0.613. The van der Waals surface area contributed by atoms with Crippen LogP contribution >= 0.6 is 11.8 Å². The minimum Gasteiger partial charge on any atom is -0.465 e. The molecule has 2 aromatic rings. The summed E-state index contributed by atoms with van der Waals surface area (Å²) in [5.41, 5.74) is 0. The highest BCUT2D eigenvalue weighted by atomic mass is 32.2. The van der Waals surface area contributed by atoms with Gasteiger partial charge in [0.05, 0.1) is 18.6 Å². The summed E-state index contributed by atoms with van der Waals surface area (Å²) in [5, 5.41) is 10.8. The van der Waals surface area contributed by atoms with E-state index in [2.05, 4.69) is 10.2 Å². The zero-order valence-corrected chi connectivity index (χ0v) is 10.2. The van der Waals surface area contributed by atoms with Crippen LogP contribution in [0.3, 0.4) is 0 Å². The summed E-state index contributed by atoms with van der Waals surface area (Å²) in [5.74, 6) is 0.0310. The number of hydrogen-bond donors (Lipinski definition) is 0. The number of carbonyl (C=O) groups is 1. The van der Waals surface area contributed by atoms with Crippen molar-refractivity contribution in [3.63, 3.8) is 0 Å². The van der Waals surface area contributed by atoms with Crippen LogP contribution in [0.15, 0.2) is 35.5 Å². The van der Waals surface area contributed by atoms with Gasteiger partial charge < -0.3 is 4.74 Å². The van der Waals surface area contributed by atoms with Crippen LogP contribution in [0, 0.1) is 0 Å². The lowest BCUT2D eigenvalue weighted by atomic mass is 10.2. The summed E-state index contributed by atoms with van der Waals surface area (Å²) in [6.07, 6.45) is 1.71. The van der Waals surface area contributed by atoms with Crippen LogP contribution < -0.4 is 0 Å². The highest BCUT2D eigenvalue weighted by Crippen LogP contribution is 2.24. The SMILES string of the molecule is CCOC(=O)CSc1nncc2ccccc12. The van der Waals surface area contributed by atoms with Gasteiger partial charge in [0.25, 0.3) is 0 Å². The van der Waals surface area contributed by atoms with Crippen molar-refractivity contribution in [2.24, 2.45) is 0 Å². The first-order valence-electron chi connectivity index (χ1n) is 5.30. The molecule has 0 fully saturated rings. The molecule has 1 aromatic heterocycles. The number of rotatable bonds is 4. The smallest absolute Gasteiger partial charge is 0.316 e. The second kappa shape index (κ2) is 5.63. The first-order valence-corrected chi connectivity index (χ1v) is 6.28. The Bertz CT molecular complexity index is 525. The standard InChI is InChI=1S/C12H12N2O2S/c1-2-16-11(15)8-17-12-10-6-4-3-5-9(10)7-13-14-12/h3-7H,2,8H2,1H3. The molecular formula is C12H12N2O2S. The van der Waals surface area contributed by atoms with Gasteiger partial charge in [0.1, 0.15) is 5.03 Å². The number of ether oxygens (including phenoxy) is 1. The van der Waals surface area contributed by atoms with E-state index in [0.717, 1.165) is 15.8 Å². The lowest BCUT2D eigenvalue weighted by molar-refractivity contribution is -0.139. The Hall–Kier alpha value is -1.62. The first kappa shape index (κ1) is 11.9. The van der Waals surface area contributed by atoms with E-state index in [9.17, 15) is 4.79 Å². The van der Waals surface area contributed by atoms with Crippen molar-refractivity contribution in [2.75, 3.05) is 12.4 Å². The normalized spacial score (nSPS) is 10.4. The molecule has 1 aromatic carbocycles. The molecule has 0 radical (unpaired) electrons. The third-order valence-electron chi connectivity index (χ3n) is 2.17. The van der Waals surface area contributed by atoms with Crippen LogP contribution in [0.25, 0.3) is 10.8 Å². The van der Waals surface area contributed by atoms with E-state index in [1.807, 2.05) is 24.3 Å². The van der Waals surface area contributed by atoms with Crippen molar-refractivity contribution in [2.45, 2.75) is 11.9 Å². The minimum absolute atomic E-state index is 0.229. The Kier molecular flexibility index (Phi) is 3.93. The summed E-state index contributed by atoms with van der Waals surface area (Å²) < 4.78 is 4.87. The average molecular weight is 248 g/mol. The van der Waals surface area contributed by atoms with Gasteiger partial charge in [-0.15, -0.1) is 5.10 Å². The van der Waals surface area contributed by atoms with E-state index in [1.165, 1.54) is 11.8 Å². The molecule has 0 aliphatic rings. The predicted octanol–water partition coefficient (Wildman–Crippen LogP) is 2.29. The number of nitrogens with zero attached hydrogens (tertiary/aromatic N) is 2. The number of hydrogen-bond acceptors (Lipinski definition) is 5. The Morgan fingerprint density at radius 3 is 3.06 bits per heavy atom. The van der Waals surface area contributed by atoms with Crippen molar-refractivity contribution in [1.82, 2.24) is 10.2 Å². The number of aromatic nitrogens is 2. The molecule has 88 valence electrons. The molecule has 0 saturated carbocycles. The van der Waals surface area contributed by atoms with Gasteiger partial charge in [-0.2, -0.15) is 5.10 Å². The van der Waals surface area contributed by atoms with E-state index in [-0.39, 0.29) is 11.7 Å². The van der Waals surface area contributed by atoms with Crippen LogP contribution in [0.4, 0.5) is 0 Å². The zero-order valence-electron chi connectivity index (χ0n) is 9.42. The fraction of sp³-hybridized carbons (Fsp3) is 0.250. The number of thioether (sulfide) groups is 1. The number of esters is 1. The Balaban J connectivity index is 2.16. The van der Waals surface area contributed by atoms with Crippen LogP contribution in [0.5, 0.6) is 0 Å². The minimum atomic E-state index is -0.229. The van der Waals surface area contributed by atoms with Gasteiger partial charge >= 0.3 is 5.97 Å². The summed E-state index contributed by atoms with van der Waals surface area (Å²) in [4.78, 5) is 11.3. The molecular weight excluding hydrogens is 236 g/mol. The van der Waals surface area contributed by atoms with Crippen molar-refractivity contribution in [3.05, 3.63) is 30.5 Å². The van der Waals surface area contributed by atoms with Gasteiger partial charge in [-0.1, -0.05) is 36.0 Å². The van der Waals surface area contributed by atoms with Gasteiger partial charge in [-0.05, 0) is 6.92 Å². The Morgan fingerprint density at radius 1 is 1.41 bits per heavy atom. The monoisotopic (exact) mass is 248 g/mol. The van der Waals surface area contributed by atoms with Crippen LogP contribution in [0.1, 0.15) is 6.92 Å². The Labute approximate surface area is 103 Å². The third-order valence-corrected chi connectivity index (χ3v) is 3.12. The fourth-order valence-electron chi connectivity index (χ4n) is 1.44. The van der Waals surface area contributed by atoms with Crippen molar-refractivity contribution in [3.8, 4) is 0 Å². The summed E-state index contributed by atoms with van der Waals surface area (Å²) in [6, 6.07) is 7.83. The number of carbonyl (C=O) groups excluding carboxylic acids is 1. The topological polar surface area (TPSA) is 52.1 Å². The largest absolute Gasteiger partial charge is 0.465 e. The zero-order chi connectivity index (χ0) is 12.1. The molecule has 0 atom stereocenters. The third kappa shape index (κ3) is 2.94. The molecule has 0 unspecified atom stereocenters. The first-order chi connectivity index (χ1) is 8.31. The van der Waals surface area contributed by atoms with Crippen molar-refractivity contribution >= 4 is 28.5 Å². The van der Waals surface area contributed by atoms with Gasteiger partial charge in [-0.3, -0.25) is 4.79 Å². The maximum atomic E-state index is 11.3. The van der Waals surface area contributed by atoms with E-state index >= 15 is 0 Å². The molecule has 0 aliphatic carbocycles. The highest BCUT2D eigenvalue weighted by Gasteiger charge is 2.07. The molecule has 0 N–H and O–H groups in total. The van der Waals surface area contributed by atoms with Gasteiger partial charge in [0.15, 0.2) is 0 Å². The maximum absolute atomic E-state index is 11.3. The van der Waals surface area contributed by atoms with Gasteiger partial charge in [0, 0.05) is 10.8 Å². The molecule has 0 saturated heterocycles. The van der Waals surface area contributed by atoms with Gasteiger partial charge in [0.2, 0.25) is 0 Å². The molecule has 2 rings (SSSR count). The molecule has 0 aliphatic heterocycles. The molecule has 0 spiro atoms. The number of fused-ring (bicyclic) bond motifs is 1. The van der Waals surface area contributed by atoms with E-state index < -0.39 is 0 Å². The predicted molar refractivity (Wildman–Crippen MR) is 66.9 cm³/mol. The van der Waals surface area contributed by atoms with Crippen LogP contribution in [-0.2, 0) is 9.53 Å². The molecule has 17 heavy (non-hydrogen) atoms. The van der Waals surface area contributed by atoms with Crippen LogP contribution in [-0.4, -0.2) is 28.5 Å². The van der Waals surface area contributed by atoms with E-state index in [0.29, 0.717) is 6.61 Å². The molecule has 4 nitrogen and oxygen atoms in total. The maximum Gasteiger partial charge on any atom is 0.316 e. The molecule has 0 amide bonds. The van der Waals surface area contributed by atoms with Crippen molar-refractivity contribution < 1.29 is 9.53 Å². The molecule has 1 heterocycles. The van der Waals surface area contributed by atoms with Crippen LogP contribution in [0.2, 0.25) is 0 Å². The lowest BCUT2D eigenvalue weighted by Gasteiger charge is -2.03. The summed E-state index contributed by atoms with van der Waals surface area (Å²) in [6.45, 7) is 2.20.